The largest absolute Gasteiger partial charge is 0.359 e. The van der Waals surface area contributed by atoms with Gasteiger partial charge in [0.15, 0.2) is 5.96 Å². The molecule has 0 aromatic heterocycles. The number of amides is 2. The molecule has 0 radical (unpaired) electrons. The highest BCUT2D eigenvalue weighted by Gasteiger charge is 2.22. The number of likely N-dealkylation sites (tertiary alicyclic amines) is 1. The molecule has 1 saturated heterocycles. The molecule has 1 aliphatic rings. The van der Waals surface area contributed by atoms with Gasteiger partial charge in [0.05, 0.1) is 0 Å². The van der Waals surface area contributed by atoms with Crippen molar-refractivity contribution in [1.82, 2.24) is 20.9 Å². The summed E-state index contributed by atoms with van der Waals surface area (Å²) >= 11 is 5.83. The number of hydrogen-bond acceptors (Lipinski definition) is 3. The second kappa shape index (κ2) is 10.8. The summed E-state index contributed by atoms with van der Waals surface area (Å²) in [4.78, 5) is 30.1. The van der Waals surface area contributed by atoms with Crippen LogP contribution in [0.4, 0.5) is 0 Å². The lowest BCUT2D eigenvalue weighted by atomic mass is 9.93. The molecule has 148 valence electrons. The van der Waals surface area contributed by atoms with E-state index in [1.807, 2.05) is 0 Å². The number of nitrogens with one attached hydrogen (secondary N) is 3. The third kappa shape index (κ3) is 6.75. The van der Waals surface area contributed by atoms with Crippen LogP contribution in [0, 0.1) is 5.92 Å². The van der Waals surface area contributed by atoms with Crippen LogP contribution in [-0.2, 0) is 4.79 Å². The number of rotatable bonds is 6. The Labute approximate surface area is 165 Å². The van der Waals surface area contributed by atoms with Crippen LogP contribution in [0.1, 0.15) is 29.6 Å². The minimum Gasteiger partial charge on any atom is -0.359 e. The molecular formula is C19H28ClN5O2. The lowest BCUT2D eigenvalue weighted by molar-refractivity contribution is -0.121. The van der Waals surface area contributed by atoms with E-state index in [4.69, 9.17) is 11.6 Å². The zero-order chi connectivity index (χ0) is 19.6. The lowest BCUT2D eigenvalue weighted by Crippen LogP contribution is -2.47. The van der Waals surface area contributed by atoms with E-state index in [-0.39, 0.29) is 11.8 Å². The van der Waals surface area contributed by atoms with Crippen molar-refractivity contribution in [3.05, 3.63) is 34.9 Å². The van der Waals surface area contributed by atoms with Crippen LogP contribution in [0.3, 0.4) is 0 Å². The van der Waals surface area contributed by atoms with Gasteiger partial charge in [-0.05, 0) is 43.0 Å². The maximum atomic E-state index is 12.1. The SMILES string of the molecule is CN=C(NCCNC(=O)c1ccc(Cl)cc1)N1CCC(CC(=O)NC)CC1. The van der Waals surface area contributed by atoms with Crippen molar-refractivity contribution in [3.8, 4) is 0 Å². The van der Waals surface area contributed by atoms with E-state index < -0.39 is 0 Å². The lowest BCUT2D eigenvalue weighted by Gasteiger charge is -2.34. The normalized spacial score (nSPS) is 15.4. The van der Waals surface area contributed by atoms with Gasteiger partial charge in [-0.25, -0.2) is 0 Å². The summed E-state index contributed by atoms with van der Waals surface area (Å²) in [7, 11) is 3.43. The Balaban J connectivity index is 1.69. The quantitative estimate of drug-likeness (QED) is 0.388. The van der Waals surface area contributed by atoms with Crippen molar-refractivity contribution >= 4 is 29.4 Å². The second-order valence-corrected chi connectivity index (χ2v) is 6.98. The van der Waals surface area contributed by atoms with Crippen molar-refractivity contribution in [2.75, 3.05) is 40.3 Å². The van der Waals surface area contributed by atoms with Gasteiger partial charge in [-0.3, -0.25) is 14.6 Å². The summed E-state index contributed by atoms with van der Waals surface area (Å²) in [6.45, 7) is 2.83. The molecule has 1 aliphatic heterocycles. The number of piperidine rings is 1. The van der Waals surface area contributed by atoms with Crippen molar-refractivity contribution in [3.63, 3.8) is 0 Å². The predicted octanol–water partition coefficient (Wildman–Crippen LogP) is 1.49. The number of aliphatic imine (C=N–C) groups is 1. The van der Waals surface area contributed by atoms with Crippen molar-refractivity contribution in [1.29, 1.82) is 0 Å². The van der Waals surface area contributed by atoms with Gasteiger partial charge in [-0.1, -0.05) is 11.6 Å². The number of carbonyl (C=O) groups excluding carboxylic acids is 2. The Morgan fingerprint density at radius 1 is 1.15 bits per heavy atom. The molecule has 2 amide bonds. The fourth-order valence-electron chi connectivity index (χ4n) is 3.10. The first kappa shape index (κ1) is 21.0. The first-order chi connectivity index (χ1) is 13.0. The Morgan fingerprint density at radius 2 is 1.78 bits per heavy atom. The van der Waals surface area contributed by atoms with Crippen LogP contribution < -0.4 is 16.0 Å². The molecule has 1 aromatic rings. The maximum absolute atomic E-state index is 12.1. The van der Waals surface area contributed by atoms with Gasteiger partial charge >= 0.3 is 0 Å². The zero-order valence-electron chi connectivity index (χ0n) is 15.9. The molecule has 7 nitrogen and oxygen atoms in total. The highest BCUT2D eigenvalue weighted by molar-refractivity contribution is 6.30. The molecule has 0 saturated carbocycles. The third-order valence-corrected chi connectivity index (χ3v) is 4.93. The first-order valence-electron chi connectivity index (χ1n) is 9.23. The van der Waals surface area contributed by atoms with Gasteiger partial charge in [0.25, 0.3) is 5.91 Å². The number of halogens is 1. The monoisotopic (exact) mass is 393 g/mol. The van der Waals surface area contributed by atoms with Crippen LogP contribution in [0.2, 0.25) is 5.02 Å². The number of guanidine groups is 1. The minimum atomic E-state index is -0.126. The van der Waals surface area contributed by atoms with Gasteiger partial charge < -0.3 is 20.9 Å². The van der Waals surface area contributed by atoms with Crippen LogP contribution in [0.15, 0.2) is 29.3 Å². The van der Waals surface area contributed by atoms with E-state index in [1.54, 1.807) is 38.4 Å². The molecule has 2 rings (SSSR count). The van der Waals surface area contributed by atoms with Crippen molar-refractivity contribution in [2.45, 2.75) is 19.3 Å². The van der Waals surface area contributed by atoms with Gasteiger partial charge in [0.2, 0.25) is 5.91 Å². The Morgan fingerprint density at radius 3 is 2.37 bits per heavy atom. The highest BCUT2D eigenvalue weighted by Crippen LogP contribution is 2.20. The summed E-state index contributed by atoms with van der Waals surface area (Å²) in [6, 6.07) is 6.80. The van der Waals surface area contributed by atoms with E-state index in [2.05, 4.69) is 25.8 Å². The topological polar surface area (TPSA) is 85.8 Å². The fourth-order valence-corrected chi connectivity index (χ4v) is 3.23. The smallest absolute Gasteiger partial charge is 0.251 e. The van der Waals surface area contributed by atoms with Crippen LogP contribution in [-0.4, -0.2) is 62.9 Å². The van der Waals surface area contributed by atoms with Gasteiger partial charge in [-0.15, -0.1) is 0 Å². The number of hydrogen-bond donors (Lipinski definition) is 3. The van der Waals surface area contributed by atoms with Gasteiger partial charge in [-0.2, -0.15) is 0 Å². The third-order valence-electron chi connectivity index (χ3n) is 4.68. The van der Waals surface area contributed by atoms with Crippen molar-refractivity contribution < 1.29 is 9.59 Å². The molecule has 0 aliphatic carbocycles. The summed E-state index contributed by atoms with van der Waals surface area (Å²) in [5, 5.41) is 9.45. The summed E-state index contributed by atoms with van der Waals surface area (Å²) < 4.78 is 0. The Kier molecular flexibility index (Phi) is 8.39. The molecule has 27 heavy (non-hydrogen) atoms. The summed E-state index contributed by atoms with van der Waals surface area (Å²) in [5.41, 5.74) is 0.585. The van der Waals surface area contributed by atoms with Crippen molar-refractivity contribution in [2.24, 2.45) is 10.9 Å². The zero-order valence-corrected chi connectivity index (χ0v) is 16.7. The molecule has 8 heteroatoms. The molecule has 3 N–H and O–H groups in total. The Hall–Kier alpha value is -2.28. The predicted molar refractivity (Wildman–Crippen MR) is 108 cm³/mol. The molecule has 0 atom stereocenters. The fraction of sp³-hybridized carbons (Fsp3) is 0.526. The Bertz CT molecular complexity index is 655. The van der Waals surface area contributed by atoms with Crippen LogP contribution in [0.5, 0.6) is 0 Å². The van der Waals surface area contributed by atoms with Crippen LogP contribution in [0.25, 0.3) is 0 Å². The first-order valence-corrected chi connectivity index (χ1v) is 9.61. The van der Waals surface area contributed by atoms with Gasteiger partial charge in [0, 0.05) is 57.3 Å². The molecule has 0 spiro atoms. The molecule has 1 heterocycles. The number of nitrogens with zero attached hydrogens (tertiary/aromatic N) is 2. The highest BCUT2D eigenvalue weighted by atomic mass is 35.5. The minimum absolute atomic E-state index is 0.104. The number of carbonyl (C=O) groups is 2. The molecular weight excluding hydrogens is 366 g/mol. The van der Waals surface area contributed by atoms with E-state index in [9.17, 15) is 9.59 Å². The average molecular weight is 394 g/mol. The van der Waals surface area contributed by atoms with E-state index in [1.165, 1.54) is 0 Å². The average Bonchev–Trinajstić information content (AvgIpc) is 2.69. The van der Waals surface area contributed by atoms with Crippen LogP contribution >= 0.6 is 11.6 Å². The standard InChI is InChI=1S/C19H28ClN5O2/c1-21-17(26)13-14-7-11-25(12-8-14)19(22-2)24-10-9-23-18(27)15-3-5-16(20)6-4-15/h3-6,14H,7-13H2,1-2H3,(H,21,26)(H,22,24)(H,23,27). The van der Waals surface area contributed by atoms with E-state index >= 15 is 0 Å². The maximum Gasteiger partial charge on any atom is 0.251 e. The summed E-state index contributed by atoms with van der Waals surface area (Å²) in [5.74, 6) is 1.23. The molecule has 0 bridgehead atoms. The molecule has 0 unspecified atom stereocenters. The van der Waals surface area contributed by atoms with E-state index in [0.29, 0.717) is 36.0 Å². The molecule has 1 fully saturated rings. The number of benzene rings is 1. The second-order valence-electron chi connectivity index (χ2n) is 6.54. The van der Waals surface area contributed by atoms with Gasteiger partial charge in [0.1, 0.15) is 0 Å². The summed E-state index contributed by atoms with van der Waals surface area (Å²) in [6.07, 6.45) is 2.54. The van der Waals surface area contributed by atoms with E-state index in [0.717, 1.165) is 31.9 Å². The molecule has 1 aromatic carbocycles.